The molecule has 0 aliphatic carbocycles. The fourth-order valence-corrected chi connectivity index (χ4v) is 3.76. The fraction of sp³-hybridized carbons (Fsp3) is 0.154. The van der Waals surface area contributed by atoms with E-state index in [1.54, 1.807) is 11.0 Å². The number of hydrogen-bond donors (Lipinski definition) is 0. The molecule has 0 atom stereocenters. The van der Waals surface area contributed by atoms with Gasteiger partial charge in [-0.15, -0.1) is 0 Å². The highest BCUT2D eigenvalue weighted by molar-refractivity contribution is 6.46. The van der Waals surface area contributed by atoms with E-state index in [2.05, 4.69) is 0 Å². The highest BCUT2D eigenvalue weighted by Crippen LogP contribution is 2.36. The first-order valence-corrected chi connectivity index (χ1v) is 10.2. The predicted octanol–water partition coefficient (Wildman–Crippen LogP) is 4.81. The van der Waals surface area contributed by atoms with Crippen molar-refractivity contribution in [2.75, 3.05) is 23.5 Å². The van der Waals surface area contributed by atoms with Crippen LogP contribution in [0, 0.1) is 6.92 Å². The molecule has 2 amide bonds. The number of rotatable bonds is 6. The maximum absolute atomic E-state index is 13.6. The van der Waals surface area contributed by atoms with Gasteiger partial charge in [0.2, 0.25) is 0 Å². The summed E-state index contributed by atoms with van der Waals surface area (Å²) in [6.45, 7) is 4.41. The van der Waals surface area contributed by atoms with Gasteiger partial charge in [-0.2, -0.15) is 0 Å². The van der Waals surface area contributed by atoms with Crippen molar-refractivity contribution >= 4 is 28.8 Å². The molecule has 0 aromatic heterocycles. The van der Waals surface area contributed by atoms with Gasteiger partial charge in [-0.1, -0.05) is 42.5 Å². The third-order valence-corrected chi connectivity index (χ3v) is 5.25. The number of ether oxygens (including phenoxy) is 1. The summed E-state index contributed by atoms with van der Waals surface area (Å²) in [7, 11) is 1.81. The third kappa shape index (κ3) is 3.82. The number of carbonyl (C=O) groups excluding carboxylic acids is 2. The summed E-state index contributed by atoms with van der Waals surface area (Å²) in [5, 5.41) is 0. The van der Waals surface area contributed by atoms with E-state index in [0.29, 0.717) is 29.1 Å². The minimum atomic E-state index is -0.342. The highest BCUT2D eigenvalue weighted by atomic mass is 16.5. The largest absolute Gasteiger partial charge is 0.494 e. The summed E-state index contributed by atoms with van der Waals surface area (Å²) < 4.78 is 5.53. The third-order valence-electron chi connectivity index (χ3n) is 5.25. The van der Waals surface area contributed by atoms with E-state index in [0.717, 1.165) is 17.0 Å². The number of nitrogens with zero attached hydrogens (tertiary/aromatic N) is 2. The second kappa shape index (κ2) is 8.48. The quantitative estimate of drug-likeness (QED) is 0.545. The van der Waals surface area contributed by atoms with Crippen molar-refractivity contribution in [1.82, 2.24) is 0 Å². The minimum absolute atomic E-state index is 0.336. The SMILES string of the molecule is CCOc1ccc(C2=C(N(C)c3ccccc3)C(=O)N(c3cccc(C)c3)C2=O)cc1. The monoisotopic (exact) mass is 412 g/mol. The van der Waals surface area contributed by atoms with E-state index in [1.165, 1.54) is 4.90 Å². The first-order chi connectivity index (χ1) is 15.0. The molecule has 156 valence electrons. The molecule has 1 aliphatic rings. The van der Waals surface area contributed by atoms with Gasteiger partial charge in [0.15, 0.2) is 0 Å². The molecule has 31 heavy (non-hydrogen) atoms. The van der Waals surface area contributed by atoms with Crippen molar-refractivity contribution in [3.05, 3.63) is 95.7 Å². The summed E-state index contributed by atoms with van der Waals surface area (Å²) in [4.78, 5) is 30.2. The highest BCUT2D eigenvalue weighted by Gasteiger charge is 2.42. The Hall–Kier alpha value is -3.86. The van der Waals surface area contributed by atoms with Crippen molar-refractivity contribution in [2.24, 2.45) is 0 Å². The van der Waals surface area contributed by atoms with Crippen molar-refractivity contribution in [3.8, 4) is 5.75 Å². The first-order valence-electron chi connectivity index (χ1n) is 10.2. The van der Waals surface area contributed by atoms with Gasteiger partial charge in [0.1, 0.15) is 11.4 Å². The van der Waals surface area contributed by atoms with Gasteiger partial charge in [0.05, 0.1) is 17.9 Å². The molecule has 5 heteroatoms. The van der Waals surface area contributed by atoms with Crippen molar-refractivity contribution in [2.45, 2.75) is 13.8 Å². The lowest BCUT2D eigenvalue weighted by atomic mass is 10.0. The van der Waals surface area contributed by atoms with Crippen molar-refractivity contribution in [3.63, 3.8) is 0 Å². The topological polar surface area (TPSA) is 49.9 Å². The number of aryl methyl sites for hydroxylation is 1. The molecule has 4 rings (SSSR count). The Balaban J connectivity index is 1.84. The molecular formula is C26H24N2O3. The van der Waals surface area contributed by atoms with Gasteiger partial charge in [-0.3, -0.25) is 9.59 Å². The normalized spacial score (nSPS) is 13.7. The summed E-state index contributed by atoms with van der Waals surface area (Å²) in [6.07, 6.45) is 0. The lowest BCUT2D eigenvalue weighted by Gasteiger charge is -2.21. The number of para-hydroxylation sites is 1. The van der Waals surface area contributed by atoms with Crippen LogP contribution in [0.2, 0.25) is 0 Å². The number of imide groups is 1. The summed E-state index contributed by atoms with van der Waals surface area (Å²) in [5.41, 5.74) is 3.77. The summed E-state index contributed by atoms with van der Waals surface area (Å²) >= 11 is 0. The van der Waals surface area contributed by atoms with Crippen LogP contribution in [0.15, 0.2) is 84.6 Å². The maximum atomic E-state index is 13.6. The molecule has 0 saturated carbocycles. The Morgan fingerprint density at radius 3 is 2.23 bits per heavy atom. The lowest BCUT2D eigenvalue weighted by Crippen LogP contribution is -2.34. The molecule has 0 N–H and O–H groups in total. The van der Waals surface area contributed by atoms with E-state index in [1.807, 2.05) is 93.7 Å². The minimum Gasteiger partial charge on any atom is -0.494 e. The molecule has 0 unspecified atom stereocenters. The van der Waals surface area contributed by atoms with Crippen LogP contribution in [-0.2, 0) is 9.59 Å². The van der Waals surface area contributed by atoms with Gasteiger partial charge in [0.25, 0.3) is 11.8 Å². The molecule has 1 aliphatic heterocycles. The zero-order chi connectivity index (χ0) is 22.0. The zero-order valence-corrected chi connectivity index (χ0v) is 17.8. The van der Waals surface area contributed by atoms with Crippen LogP contribution in [0.4, 0.5) is 11.4 Å². The standard InChI is InChI=1S/C26H24N2O3/c1-4-31-22-15-13-19(14-16-22)23-24(27(3)20-10-6-5-7-11-20)26(30)28(25(23)29)21-12-8-9-18(2)17-21/h5-17H,4H2,1-3H3. The van der Waals surface area contributed by atoms with Gasteiger partial charge in [0, 0.05) is 12.7 Å². The summed E-state index contributed by atoms with van der Waals surface area (Å²) in [5.74, 6) is 0.0421. The van der Waals surface area contributed by atoms with Crippen LogP contribution in [0.1, 0.15) is 18.1 Å². The molecule has 3 aromatic carbocycles. The number of likely N-dealkylation sites (N-methyl/N-ethyl adjacent to an activating group) is 1. The van der Waals surface area contributed by atoms with Gasteiger partial charge < -0.3 is 9.64 Å². The van der Waals surface area contributed by atoms with E-state index in [4.69, 9.17) is 4.74 Å². The Morgan fingerprint density at radius 1 is 0.871 bits per heavy atom. The molecule has 5 nitrogen and oxygen atoms in total. The zero-order valence-electron chi connectivity index (χ0n) is 17.8. The molecule has 3 aromatic rings. The summed E-state index contributed by atoms with van der Waals surface area (Å²) in [6, 6.07) is 24.2. The number of benzene rings is 3. The number of amides is 2. The van der Waals surface area contributed by atoms with E-state index in [9.17, 15) is 9.59 Å². The smallest absolute Gasteiger partial charge is 0.282 e. The lowest BCUT2D eigenvalue weighted by molar-refractivity contribution is -0.120. The molecule has 0 spiro atoms. The Bertz CT molecular complexity index is 1150. The Kier molecular flexibility index (Phi) is 5.58. The average Bonchev–Trinajstić information content (AvgIpc) is 3.04. The van der Waals surface area contributed by atoms with E-state index in [-0.39, 0.29) is 11.8 Å². The molecular weight excluding hydrogens is 388 g/mol. The van der Waals surface area contributed by atoms with Crippen LogP contribution in [-0.4, -0.2) is 25.5 Å². The van der Waals surface area contributed by atoms with Gasteiger partial charge in [-0.25, -0.2) is 4.90 Å². The Morgan fingerprint density at radius 2 is 1.58 bits per heavy atom. The second-order valence-electron chi connectivity index (χ2n) is 7.36. The van der Waals surface area contributed by atoms with Crippen LogP contribution >= 0.6 is 0 Å². The predicted molar refractivity (Wildman–Crippen MR) is 123 cm³/mol. The van der Waals surface area contributed by atoms with Gasteiger partial charge in [-0.05, 0) is 61.4 Å². The number of anilines is 2. The molecule has 0 saturated heterocycles. The van der Waals surface area contributed by atoms with E-state index < -0.39 is 0 Å². The number of hydrogen-bond acceptors (Lipinski definition) is 4. The van der Waals surface area contributed by atoms with Crippen LogP contribution in [0.25, 0.3) is 5.57 Å². The first kappa shape index (κ1) is 20.4. The van der Waals surface area contributed by atoms with Crippen molar-refractivity contribution < 1.29 is 14.3 Å². The van der Waals surface area contributed by atoms with Crippen molar-refractivity contribution in [1.29, 1.82) is 0 Å². The molecule has 0 fully saturated rings. The second-order valence-corrected chi connectivity index (χ2v) is 7.36. The van der Waals surface area contributed by atoms with Crippen LogP contribution in [0.5, 0.6) is 5.75 Å². The maximum Gasteiger partial charge on any atom is 0.282 e. The fourth-order valence-electron chi connectivity index (χ4n) is 3.76. The average molecular weight is 412 g/mol. The molecule has 0 radical (unpaired) electrons. The Labute approximate surface area is 182 Å². The van der Waals surface area contributed by atoms with E-state index >= 15 is 0 Å². The number of carbonyl (C=O) groups is 2. The van der Waals surface area contributed by atoms with Crippen LogP contribution in [0.3, 0.4) is 0 Å². The molecule has 0 bridgehead atoms. The van der Waals surface area contributed by atoms with Gasteiger partial charge >= 0.3 is 0 Å². The molecule has 1 heterocycles. The van der Waals surface area contributed by atoms with Crippen LogP contribution < -0.4 is 14.5 Å².